The third-order valence-corrected chi connectivity index (χ3v) is 1.68. The van der Waals surface area contributed by atoms with E-state index in [9.17, 15) is 13.6 Å². The maximum absolute atomic E-state index is 11.8. The first kappa shape index (κ1) is 8.17. The van der Waals surface area contributed by atoms with E-state index in [2.05, 4.69) is 0 Å². The van der Waals surface area contributed by atoms with Crippen LogP contribution in [-0.4, -0.2) is 17.3 Å². The highest BCUT2D eigenvalue weighted by Gasteiger charge is 2.25. The number of aliphatic hydroxyl groups is 1. The van der Waals surface area contributed by atoms with E-state index in [-0.39, 0.29) is 24.2 Å². The Hall–Kier alpha value is -0.930. The number of rotatable bonds is 1. The van der Waals surface area contributed by atoms with Crippen LogP contribution in [0.4, 0.5) is 8.78 Å². The van der Waals surface area contributed by atoms with Gasteiger partial charge in [0.2, 0.25) is 0 Å². The largest absolute Gasteiger partial charge is 0.506 e. The lowest BCUT2D eigenvalue weighted by Gasteiger charge is -2.00. The second kappa shape index (κ2) is 2.98. The summed E-state index contributed by atoms with van der Waals surface area (Å²) >= 11 is 0. The molecule has 1 aliphatic carbocycles. The van der Waals surface area contributed by atoms with Crippen LogP contribution < -0.4 is 0 Å². The van der Waals surface area contributed by atoms with Gasteiger partial charge < -0.3 is 5.11 Å². The molecule has 62 valence electrons. The minimum Gasteiger partial charge on any atom is -0.506 e. The van der Waals surface area contributed by atoms with E-state index < -0.39 is 12.2 Å². The topological polar surface area (TPSA) is 37.3 Å². The van der Waals surface area contributed by atoms with Crippen LogP contribution in [0, 0.1) is 0 Å². The Labute approximate surface area is 62.5 Å². The molecule has 1 fully saturated rings. The quantitative estimate of drug-likeness (QED) is 0.471. The van der Waals surface area contributed by atoms with Crippen LogP contribution in [0.25, 0.3) is 0 Å². The zero-order chi connectivity index (χ0) is 8.43. The zero-order valence-corrected chi connectivity index (χ0v) is 5.81. The molecule has 0 spiro atoms. The summed E-state index contributed by atoms with van der Waals surface area (Å²) < 4.78 is 23.6. The van der Waals surface area contributed by atoms with E-state index in [1.54, 1.807) is 0 Å². The van der Waals surface area contributed by atoms with Gasteiger partial charge in [-0.15, -0.1) is 0 Å². The van der Waals surface area contributed by atoms with Gasteiger partial charge in [-0.1, -0.05) is 0 Å². The molecule has 0 radical (unpaired) electrons. The van der Waals surface area contributed by atoms with Gasteiger partial charge in [0.15, 0.2) is 11.5 Å². The van der Waals surface area contributed by atoms with Crippen molar-refractivity contribution in [1.82, 2.24) is 0 Å². The van der Waals surface area contributed by atoms with Crippen molar-refractivity contribution in [2.75, 3.05) is 0 Å². The minimum atomic E-state index is -2.91. The third-order valence-electron chi connectivity index (χ3n) is 1.68. The Morgan fingerprint density at radius 1 is 1.45 bits per heavy atom. The summed E-state index contributed by atoms with van der Waals surface area (Å²) in [7, 11) is 0. The van der Waals surface area contributed by atoms with Crippen LogP contribution in [0.1, 0.15) is 19.3 Å². The molecule has 0 amide bonds. The second-order valence-electron chi connectivity index (χ2n) is 2.44. The average molecular weight is 162 g/mol. The Morgan fingerprint density at radius 3 is 2.45 bits per heavy atom. The van der Waals surface area contributed by atoms with Gasteiger partial charge in [-0.3, -0.25) is 4.79 Å². The van der Waals surface area contributed by atoms with E-state index in [1.165, 1.54) is 0 Å². The lowest BCUT2D eigenvalue weighted by molar-refractivity contribution is -0.114. The van der Waals surface area contributed by atoms with Crippen molar-refractivity contribution in [3.8, 4) is 0 Å². The second-order valence-corrected chi connectivity index (χ2v) is 2.44. The number of carbonyl (C=O) groups excluding carboxylic acids is 1. The molecule has 4 heteroatoms. The van der Waals surface area contributed by atoms with E-state index in [1.807, 2.05) is 0 Å². The normalized spacial score (nSPS) is 23.0. The summed E-state index contributed by atoms with van der Waals surface area (Å²) in [6.07, 6.45) is -1.77. The molecule has 2 nitrogen and oxygen atoms in total. The van der Waals surface area contributed by atoms with Crippen LogP contribution in [0.2, 0.25) is 0 Å². The van der Waals surface area contributed by atoms with E-state index in [0.29, 0.717) is 6.42 Å². The molecule has 0 saturated heterocycles. The predicted molar refractivity (Wildman–Crippen MR) is 34.5 cm³/mol. The number of halogens is 2. The monoisotopic (exact) mass is 162 g/mol. The number of ketones is 1. The SMILES string of the molecule is O=C1CCCC1=C(O)C(F)F. The molecule has 0 aliphatic heterocycles. The number of aliphatic hydroxyl groups excluding tert-OH is 1. The smallest absolute Gasteiger partial charge is 0.294 e. The van der Waals surface area contributed by atoms with Gasteiger partial charge in [0.25, 0.3) is 6.43 Å². The molecular formula is C7H8F2O2. The van der Waals surface area contributed by atoms with Crippen molar-refractivity contribution < 1.29 is 18.7 Å². The maximum Gasteiger partial charge on any atom is 0.294 e. The standard InChI is InChI=1S/C7H8F2O2/c8-7(9)6(11)4-2-1-3-5(4)10/h7,11H,1-3H2. The summed E-state index contributed by atoms with van der Waals surface area (Å²) in [5.74, 6) is -1.38. The average Bonchev–Trinajstić information content (AvgIpc) is 2.33. The number of alkyl halides is 2. The van der Waals surface area contributed by atoms with Gasteiger partial charge in [-0.25, -0.2) is 8.78 Å². The van der Waals surface area contributed by atoms with Gasteiger partial charge in [0.1, 0.15) is 0 Å². The lowest BCUT2D eigenvalue weighted by Crippen LogP contribution is -2.04. The molecule has 1 aliphatic rings. The molecule has 11 heavy (non-hydrogen) atoms. The summed E-state index contributed by atoms with van der Waals surface area (Å²) in [6.45, 7) is 0. The Morgan fingerprint density at radius 2 is 2.09 bits per heavy atom. The summed E-state index contributed by atoms with van der Waals surface area (Å²) in [6, 6.07) is 0. The van der Waals surface area contributed by atoms with Gasteiger partial charge >= 0.3 is 0 Å². The zero-order valence-electron chi connectivity index (χ0n) is 5.81. The van der Waals surface area contributed by atoms with Crippen molar-refractivity contribution in [2.24, 2.45) is 0 Å². The highest BCUT2D eigenvalue weighted by atomic mass is 19.3. The molecule has 0 atom stereocenters. The lowest BCUT2D eigenvalue weighted by atomic mass is 10.2. The molecule has 0 aromatic heterocycles. The first-order chi connectivity index (χ1) is 5.13. The van der Waals surface area contributed by atoms with Crippen LogP contribution >= 0.6 is 0 Å². The van der Waals surface area contributed by atoms with Crippen molar-refractivity contribution in [3.63, 3.8) is 0 Å². The molecule has 1 N–H and O–H groups in total. The van der Waals surface area contributed by atoms with Crippen molar-refractivity contribution in [2.45, 2.75) is 25.7 Å². The fourth-order valence-corrected chi connectivity index (χ4v) is 1.12. The fourth-order valence-electron chi connectivity index (χ4n) is 1.12. The van der Waals surface area contributed by atoms with Crippen LogP contribution in [0.5, 0.6) is 0 Å². The molecule has 0 unspecified atom stereocenters. The number of hydrogen-bond acceptors (Lipinski definition) is 2. The molecular weight excluding hydrogens is 154 g/mol. The Kier molecular flexibility index (Phi) is 2.22. The molecule has 1 rings (SSSR count). The Bertz CT molecular complexity index is 208. The third kappa shape index (κ3) is 1.56. The van der Waals surface area contributed by atoms with Gasteiger partial charge in [0, 0.05) is 12.0 Å². The fraction of sp³-hybridized carbons (Fsp3) is 0.571. The predicted octanol–water partition coefficient (Wildman–Crippen LogP) is 1.82. The maximum atomic E-state index is 11.8. The van der Waals surface area contributed by atoms with Crippen molar-refractivity contribution in [3.05, 3.63) is 11.3 Å². The molecule has 0 bridgehead atoms. The van der Waals surface area contributed by atoms with Gasteiger partial charge in [-0.2, -0.15) is 0 Å². The van der Waals surface area contributed by atoms with Crippen LogP contribution in [-0.2, 0) is 4.79 Å². The van der Waals surface area contributed by atoms with Crippen molar-refractivity contribution in [1.29, 1.82) is 0 Å². The molecule has 0 aromatic carbocycles. The number of allylic oxidation sites excluding steroid dienone is 2. The van der Waals surface area contributed by atoms with E-state index in [4.69, 9.17) is 5.11 Å². The molecule has 0 aromatic rings. The molecule has 1 saturated carbocycles. The van der Waals surface area contributed by atoms with E-state index in [0.717, 1.165) is 0 Å². The molecule has 0 heterocycles. The number of Topliss-reactive ketones (excluding diaryl/α,β-unsaturated/α-hetero) is 1. The van der Waals surface area contributed by atoms with Gasteiger partial charge in [0.05, 0.1) is 0 Å². The number of carbonyl (C=O) groups is 1. The highest BCUT2D eigenvalue weighted by molar-refractivity contribution is 5.97. The highest BCUT2D eigenvalue weighted by Crippen LogP contribution is 2.25. The van der Waals surface area contributed by atoms with Gasteiger partial charge in [-0.05, 0) is 12.8 Å². The first-order valence-electron chi connectivity index (χ1n) is 3.36. The first-order valence-corrected chi connectivity index (χ1v) is 3.36. The van der Waals surface area contributed by atoms with Crippen molar-refractivity contribution >= 4 is 5.78 Å². The summed E-state index contributed by atoms with van der Waals surface area (Å²) in [5, 5.41) is 8.71. The minimum absolute atomic E-state index is 0.0833. The van der Waals surface area contributed by atoms with E-state index >= 15 is 0 Å². The number of hydrogen-bond donors (Lipinski definition) is 1. The van der Waals surface area contributed by atoms with Crippen LogP contribution in [0.3, 0.4) is 0 Å². The summed E-state index contributed by atoms with van der Waals surface area (Å²) in [5.41, 5.74) is -0.0833. The summed E-state index contributed by atoms with van der Waals surface area (Å²) in [4.78, 5) is 10.8. The van der Waals surface area contributed by atoms with Crippen LogP contribution in [0.15, 0.2) is 11.3 Å². The Balaban J connectivity index is 2.85.